The molecule has 5 aromatic rings. The van der Waals surface area contributed by atoms with Gasteiger partial charge in [-0.15, -0.1) is 23.8 Å². The van der Waals surface area contributed by atoms with Crippen LogP contribution in [0, 0.1) is 19.9 Å². The average Bonchev–Trinajstić information content (AvgIpc) is 3.35. The van der Waals surface area contributed by atoms with Crippen LogP contribution in [0.1, 0.15) is 11.1 Å². The molecule has 1 radical (unpaired) electrons. The fourth-order valence-corrected chi connectivity index (χ4v) is 3.60. The Bertz CT molecular complexity index is 1270. The van der Waals surface area contributed by atoms with E-state index in [-0.39, 0.29) is 20.1 Å². The Morgan fingerprint density at radius 2 is 1.66 bits per heavy atom. The Kier molecular flexibility index (Phi) is 5.14. The van der Waals surface area contributed by atoms with Crippen molar-refractivity contribution in [3.05, 3.63) is 90.5 Å². The Labute approximate surface area is 182 Å². The molecule has 0 aliphatic rings. The number of aromatic nitrogens is 5. The molecule has 0 aliphatic carbocycles. The predicted octanol–water partition coefficient (Wildman–Crippen LogP) is 4.69. The van der Waals surface area contributed by atoms with E-state index >= 15 is 0 Å². The van der Waals surface area contributed by atoms with Gasteiger partial charge in [0.2, 0.25) is 0 Å². The van der Waals surface area contributed by atoms with Gasteiger partial charge in [-0.3, -0.25) is 14.6 Å². The first-order chi connectivity index (χ1) is 13.7. The molecule has 0 spiro atoms. The summed E-state index contributed by atoms with van der Waals surface area (Å²) < 4.78 is 3.97. The SMILES string of the molecule is Cc1cccc(C)c1-n1ncnc1-c1[c-]cc2ncn(-c3ccccc3)c2c1.[Ir]. The van der Waals surface area contributed by atoms with Crippen molar-refractivity contribution in [2.75, 3.05) is 0 Å². The molecule has 0 aliphatic heterocycles. The van der Waals surface area contributed by atoms with Gasteiger partial charge in [0.15, 0.2) is 0 Å². The van der Waals surface area contributed by atoms with Crippen LogP contribution in [0.25, 0.3) is 33.8 Å². The number of nitrogens with zero attached hydrogens (tertiary/aromatic N) is 5. The van der Waals surface area contributed by atoms with Crippen molar-refractivity contribution < 1.29 is 20.1 Å². The van der Waals surface area contributed by atoms with Crippen molar-refractivity contribution in [2.24, 2.45) is 0 Å². The first kappa shape index (κ1) is 19.2. The van der Waals surface area contributed by atoms with Gasteiger partial charge in [-0.25, -0.2) is 0 Å². The van der Waals surface area contributed by atoms with Crippen molar-refractivity contribution in [3.63, 3.8) is 0 Å². The van der Waals surface area contributed by atoms with Gasteiger partial charge in [0.1, 0.15) is 6.33 Å². The minimum Gasteiger partial charge on any atom is -0.318 e. The summed E-state index contributed by atoms with van der Waals surface area (Å²) >= 11 is 0. The Balaban J connectivity index is 0.00000205. The summed E-state index contributed by atoms with van der Waals surface area (Å²) in [7, 11) is 0. The van der Waals surface area contributed by atoms with Gasteiger partial charge in [-0.1, -0.05) is 36.4 Å². The third-order valence-electron chi connectivity index (χ3n) is 4.95. The maximum atomic E-state index is 4.53. The normalized spacial score (nSPS) is 10.8. The van der Waals surface area contributed by atoms with E-state index in [9.17, 15) is 0 Å². The largest absolute Gasteiger partial charge is 0.318 e. The standard InChI is InChI=1S/C23H18N5.Ir/c1-16-7-6-8-17(2)22(16)28-23(24-14-26-28)18-11-12-20-21(13-18)27(15-25-20)19-9-4-3-5-10-19;/h3-10,12-15H,1-2H3;/q-1;. The molecule has 0 N–H and O–H groups in total. The summed E-state index contributed by atoms with van der Waals surface area (Å²) in [6, 6.07) is 23.7. The maximum absolute atomic E-state index is 4.53. The summed E-state index contributed by atoms with van der Waals surface area (Å²) in [5.41, 5.74) is 7.22. The van der Waals surface area contributed by atoms with Crippen LogP contribution < -0.4 is 0 Å². The monoisotopic (exact) mass is 557 g/mol. The van der Waals surface area contributed by atoms with E-state index in [0.29, 0.717) is 0 Å². The zero-order valence-corrected chi connectivity index (χ0v) is 18.4. The number of imidazole rings is 1. The van der Waals surface area contributed by atoms with E-state index in [1.54, 1.807) is 6.33 Å². The molecule has 0 saturated heterocycles. The summed E-state index contributed by atoms with van der Waals surface area (Å²) in [4.78, 5) is 9.04. The first-order valence-corrected chi connectivity index (χ1v) is 9.13. The van der Waals surface area contributed by atoms with Gasteiger partial charge in [-0.2, -0.15) is 5.10 Å². The summed E-state index contributed by atoms with van der Waals surface area (Å²) in [6.07, 6.45) is 3.43. The van der Waals surface area contributed by atoms with Crippen molar-refractivity contribution in [1.82, 2.24) is 24.3 Å². The van der Waals surface area contributed by atoms with E-state index < -0.39 is 0 Å². The quantitative estimate of drug-likeness (QED) is 0.303. The molecule has 2 aromatic heterocycles. The number of benzene rings is 3. The van der Waals surface area contributed by atoms with Crippen LogP contribution in [0.5, 0.6) is 0 Å². The van der Waals surface area contributed by atoms with Crippen LogP contribution in [-0.4, -0.2) is 24.3 Å². The van der Waals surface area contributed by atoms with E-state index in [1.807, 2.05) is 35.3 Å². The molecule has 2 heterocycles. The molecule has 0 unspecified atom stereocenters. The number of fused-ring (bicyclic) bond motifs is 1. The molecule has 29 heavy (non-hydrogen) atoms. The molecule has 5 nitrogen and oxygen atoms in total. The molecule has 0 saturated carbocycles. The fourth-order valence-electron chi connectivity index (χ4n) is 3.60. The van der Waals surface area contributed by atoms with Gasteiger partial charge in [0, 0.05) is 31.3 Å². The van der Waals surface area contributed by atoms with Gasteiger partial charge >= 0.3 is 0 Å². The third kappa shape index (κ3) is 3.31. The second kappa shape index (κ2) is 7.74. The van der Waals surface area contributed by atoms with Crippen LogP contribution in [0.4, 0.5) is 0 Å². The van der Waals surface area contributed by atoms with Crippen molar-refractivity contribution in [1.29, 1.82) is 0 Å². The smallest absolute Gasteiger partial charge is 0.127 e. The van der Waals surface area contributed by atoms with Crippen LogP contribution in [0.2, 0.25) is 0 Å². The van der Waals surface area contributed by atoms with Crippen molar-refractivity contribution in [2.45, 2.75) is 13.8 Å². The van der Waals surface area contributed by atoms with E-state index in [0.717, 1.165) is 44.9 Å². The van der Waals surface area contributed by atoms with Crippen molar-refractivity contribution in [3.8, 4) is 22.8 Å². The number of aryl methyl sites for hydroxylation is 2. The fraction of sp³-hybridized carbons (Fsp3) is 0.0870. The van der Waals surface area contributed by atoms with Gasteiger partial charge in [0.25, 0.3) is 0 Å². The van der Waals surface area contributed by atoms with Gasteiger partial charge in [-0.05, 0) is 42.6 Å². The number of rotatable bonds is 3. The molecule has 0 amide bonds. The Morgan fingerprint density at radius 1 is 0.897 bits per heavy atom. The molecular weight excluding hydrogens is 539 g/mol. The summed E-state index contributed by atoms with van der Waals surface area (Å²) in [6.45, 7) is 4.18. The molecule has 0 atom stereocenters. The minimum atomic E-state index is 0. The van der Waals surface area contributed by atoms with Crippen LogP contribution >= 0.6 is 0 Å². The number of para-hydroxylation sites is 2. The predicted molar refractivity (Wildman–Crippen MR) is 110 cm³/mol. The number of hydrogen-bond acceptors (Lipinski definition) is 3. The summed E-state index contributed by atoms with van der Waals surface area (Å²) in [5.74, 6) is 0.764. The summed E-state index contributed by atoms with van der Waals surface area (Å²) in [5, 5.41) is 4.50. The van der Waals surface area contributed by atoms with Gasteiger partial charge < -0.3 is 4.57 Å². The molecule has 145 valence electrons. The second-order valence-electron chi connectivity index (χ2n) is 6.80. The van der Waals surface area contributed by atoms with Gasteiger partial charge in [0.05, 0.1) is 17.8 Å². The third-order valence-corrected chi connectivity index (χ3v) is 4.95. The molecule has 0 fully saturated rings. The van der Waals surface area contributed by atoms with Crippen molar-refractivity contribution >= 4 is 11.0 Å². The minimum absolute atomic E-state index is 0. The molecule has 5 rings (SSSR count). The number of hydrogen-bond donors (Lipinski definition) is 0. The Hall–Kier alpha value is -3.08. The zero-order chi connectivity index (χ0) is 19.1. The van der Waals surface area contributed by atoms with E-state index in [2.05, 4.69) is 75.9 Å². The van der Waals surface area contributed by atoms with Crippen LogP contribution in [0.15, 0.2) is 73.3 Å². The second-order valence-corrected chi connectivity index (χ2v) is 6.80. The molecule has 0 bridgehead atoms. The zero-order valence-electron chi connectivity index (χ0n) is 16.0. The maximum Gasteiger partial charge on any atom is 0.127 e. The van der Waals surface area contributed by atoms with E-state index in [1.165, 1.54) is 0 Å². The Morgan fingerprint density at radius 3 is 2.41 bits per heavy atom. The molecule has 3 aromatic carbocycles. The van der Waals surface area contributed by atoms with Crippen LogP contribution in [0.3, 0.4) is 0 Å². The molecule has 6 heteroatoms. The van der Waals surface area contributed by atoms with E-state index in [4.69, 9.17) is 0 Å². The first-order valence-electron chi connectivity index (χ1n) is 9.13. The topological polar surface area (TPSA) is 48.5 Å². The average molecular weight is 557 g/mol. The molecular formula is C23H18IrN5-. The van der Waals surface area contributed by atoms with Crippen LogP contribution in [-0.2, 0) is 20.1 Å².